The lowest BCUT2D eigenvalue weighted by atomic mass is 9.89. The summed E-state index contributed by atoms with van der Waals surface area (Å²) in [6.07, 6.45) is 2.71. The van der Waals surface area contributed by atoms with Crippen LogP contribution in [0.4, 0.5) is 14.9 Å². The van der Waals surface area contributed by atoms with Gasteiger partial charge in [-0.15, -0.1) is 0 Å². The number of rotatable bonds is 2. The number of benzene rings is 1. The van der Waals surface area contributed by atoms with Crippen molar-refractivity contribution in [1.82, 2.24) is 4.90 Å². The van der Waals surface area contributed by atoms with Gasteiger partial charge in [0, 0.05) is 6.54 Å². The number of anilines is 1. The number of hydrogen-bond donors (Lipinski definition) is 0. The quantitative estimate of drug-likeness (QED) is 0.779. The van der Waals surface area contributed by atoms with Crippen molar-refractivity contribution in [1.29, 1.82) is 0 Å². The number of nitrogens with zero attached hydrogens (tertiary/aromatic N) is 2. The van der Waals surface area contributed by atoms with Gasteiger partial charge in [0.25, 0.3) is 5.91 Å². The van der Waals surface area contributed by atoms with Crippen LogP contribution in [0.5, 0.6) is 0 Å². The van der Waals surface area contributed by atoms with Crippen LogP contribution in [-0.4, -0.2) is 29.4 Å². The molecule has 3 rings (SSSR count). The second-order valence-electron chi connectivity index (χ2n) is 5.44. The highest BCUT2D eigenvalue weighted by Gasteiger charge is 2.48. The molecule has 0 aliphatic carbocycles. The van der Waals surface area contributed by atoms with Crippen LogP contribution >= 0.6 is 0 Å². The minimum Gasteiger partial charge on any atom is -0.312 e. The molecule has 4 nitrogen and oxygen atoms in total. The summed E-state index contributed by atoms with van der Waals surface area (Å²) in [7, 11) is 0. The van der Waals surface area contributed by atoms with E-state index in [1.54, 1.807) is 4.90 Å². The Hall–Kier alpha value is -1.91. The van der Waals surface area contributed by atoms with Gasteiger partial charge in [-0.1, -0.05) is 13.3 Å². The summed E-state index contributed by atoms with van der Waals surface area (Å²) in [5, 5.41) is 0. The Morgan fingerprint density at radius 1 is 1.25 bits per heavy atom. The molecule has 2 saturated heterocycles. The van der Waals surface area contributed by atoms with Gasteiger partial charge in [-0.2, -0.15) is 0 Å². The maximum atomic E-state index is 13.0. The third kappa shape index (κ3) is 1.97. The summed E-state index contributed by atoms with van der Waals surface area (Å²) < 4.78 is 13.0. The molecule has 1 aromatic carbocycles. The van der Waals surface area contributed by atoms with Crippen molar-refractivity contribution >= 4 is 17.6 Å². The van der Waals surface area contributed by atoms with Gasteiger partial charge in [0.2, 0.25) is 0 Å². The maximum absolute atomic E-state index is 13.0. The van der Waals surface area contributed by atoms with Gasteiger partial charge < -0.3 is 4.90 Å². The van der Waals surface area contributed by atoms with Crippen LogP contribution in [0.1, 0.15) is 26.2 Å². The van der Waals surface area contributed by atoms with Crippen LogP contribution in [0.2, 0.25) is 0 Å². The van der Waals surface area contributed by atoms with E-state index in [1.807, 2.05) is 0 Å². The fraction of sp³-hybridized carbons (Fsp3) is 0.467. The van der Waals surface area contributed by atoms with E-state index in [4.69, 9.17) is 0 Å². The number of urea groups is 1. The molecule has 2 aliphatic rings. The molecule has 3 amide bonds. The van der Waals surface area contributed by atoms with Gasteiger partial charge in [0.05, 0.1) is 5.69 Å². The Kier molecular flexibility index (Phi) is 3.20. The van der Waals surface area contributed by atoms with Gasteiger partial charge in [-0.25, -0.2) is 14.1 Å². The first-order chi connectivity index (χ1) is 9.61. The predicted octanol–water partition coefficient (Wildman–Crippen LogP) is 2.78. The molecule has 2 unspecified atom stereocenters. The average molecular weight is 276 g/mol. The standard InChI is InChI=1S/C15H17FN2O2/c1-2-10-7-8-17-13(9-10)14(19)18(15(17)20)12-5-3-11(16)4-6-12/h3-6,10,13H,2,7-9H2,1H3. The third-order valence-electron chi connectivity index (χ3n) is 4.32. The second-order valence-corrected chi connectivity index (χ2v) is 5.44. The molecule has 0 aromatic heterocycles. The fourth-order valence-corrected chi connectivity index (χ4v) is 3.07. The highest BCUT2D eigenvalue weighted by atomic mass is 19.1. The van der Waals surface area contributed by atoms with E-state index in [0.717, 1.165) is 19.3 Å². The van der Waals surface area contributed by atoms with E-state index in [9.17, 15) is 14.0 Å². The van der Waals surface area contributed by atoms with Gasteiger partial charge in [-0.05, 0) is 43.0 Å². The van der Waals surface area contributed by atoms with E-state index in [2.05, 4.69) is 6.92 Å². The van der Waals surface area contributed by atoms with Crippen molar-refractivity contribution in [2.45, 2.75) is 32.2 Å². The Labute approximate surface area is 117 Å². The molecule has 0 bridgehead atoms. The van der Waals surface area contributed by atoms with E-state index in [1.165, 1.54) is 29.2 Å². The van der Waals surface area contributed by atoms with Crippen molar-refractivity contribution in [3.05, 3.63) is 30.1 Å². The lowest BCUT2D eigenvalue weighted by Crippen LogP contribution is -2.42. The molecule has 2 fully saturated rings. The van der Waals surface area contributed by atoms with Crippen LogP contribution in [0.3, 0.4) is 0 Å². The van der Waals surface area contributed by atoms with Crippen molar-refractivity contribution in [3.8, 4) is 0 Å². The summed E-state index contributed by atoms with van der Waals surface area (Å²) in [5.74, 6) is -0.0578. The summed E-state index contributed by atoms with van der Waals surface area (Å²) in [4.78, 5) is 27.7. The summed E-state index contributed by atoms with van der Waals surface area (Å²) in [5.41, 5.74) is 0.448. The summed E-state index contributed by atoms with van der Waals surface area (Å²) in [6, 6.07) is 4.86. The summed E-state index contributed by atoms with van der Waals surface area (Å²) in [6.45, 7) is 2.74. The first kappa shape index (κ1) is 13.1. The zero-order valence-corrected chi connectivity index (χ0v) is 11.4. The highest BCUT2D eigenvalue weighted by molar-refractivity contribution is 6.21. The Morgan fingerprint density at radius 2 is 1.95 bits per heavy atom. The van der Waals surface area contributed by atoms with Crippen molar-refractivity contribution in [2.24, 2.45) is 5.92 Å². The number of imide groups is 1. The molecular formula is C15H17FN2O2. The van der Waals surface area contributed by atoms with Gasteiger partial charge in [0.1, 0.15) is 11.9 Å². The monoisotopic (exact) mass is 276 g/mol. The molecule has 1 aromatic rings. The number of carbonyl (C=O) groups is 2. The Balaban J connectivity index is 1.89. The first-order valence-corrected chi connectivity index (χ1v) is 7.02. The fourth-order valence-electron chi connectivity index (χ4n) is 3.07. The zero-order chi connectivity index (χ0) is 14.3. The van der Waals surface area contributed by atoms with E-state index in [-0.39, 0.29) is 23.8 Å². The topological polar surface area (TPSA) is 40.6 Å². The van der Waals surface area contributed by atoms with Crippen LogP contribution in [0.15, 0.2) is 24.3 Å². The van der Waals surface area contributed by atoms with E-state index in [0.29, 0.717) is 18.2 Å². The molecule has 20 heavy (non-hydrogen) atoms. The molecule has 0 spiro atoms. The maximum Gasteiger partial charge on any atom is 0.332 e. The molecule has 106 valence electrons. The SMILES string of the molecule is CCC1CCN2C(=O)N(c3ccc(F)cc3)C(=O)C2C1. The number of hydrogen-bond acceptors (Lipinski definition) is 2. The van der Waals surface area contributed by atoms with Crippen molar-refractivity contribution in [2.75, 3.05) is 11.4 Å². The largest absolute Gasteiger partial charge is 0.332 e. The van der Waals surface area contributed by atoms with Gasteiger partial charge in [-0.3, -0.25) is 4.79 Å². The minimum atomic E-state index is -0.378. The molecular weight excluding hydrogens is 259 g/mol. The Morgan fingerprint density at radius 3 is 2.60 bits per heavy atom. The molecule has 2 heterocycles. The predicted molar refractivity (Wildman–Crippen MR) is 72.8 cm³/mol. The number of halogens is 1. The van der Waals surface area contributed by atoms with E-state index >= 15 is 0 Å². The number of carbonyl (C=O) groups excluding carboxylic acids is 2. The third-order valence-corrected chi connectivity index (χ3v) is 4.32. The van der Waals surface area contributed by atoms with Crippen LogP contribution in [0.25, 0.3) is 0 Å². The van der Waals surface area contributed by atoms with Gasteiger partial charge >= 0.3 is 6.03 Å². The normalized spacial score (nSPS) is 26.1. The van der Waals surface area contributed by atoms with Gasteiger partial charge in [0.15, 0.2) is 0 Å². The number of amides is 3. The smallest absolute Gasteiger partial charge is 0.312 e. The van der Waals surface area contributed by atoms with Crippen LogP contribution in [0, 0.1) is 11.7 Å². The van der Waals surface area contributed by atoms with Crippen molar-refractivity contribution < 1.29 is 14.0 Å². The Bertz CT molecular complexity index is 543. The van der Waals surface area contributed by atoms with E-state index < -0.39 is 0 Å². The molecule has 2 atom stereocenters. The lowest BCUT2D eigenvalue weighted by Gasteiger charge is -2.31. The second kappa shape index (κ2) is 4.89. The average Bonchev–Trinajstić information content (AvgIpc) is 2.72. The molecule has 5 heteroatoms. The number of piperidine rings is 1. The minimum absolute atomic E-state index is 0.181. The molecule has 0 radical (unpaired) electrons. The molecule has 2 aliphatic heterocycles. The number of fused-ring (bicyclic) bond motifs is 1. The van der Waals surface area contributed by atoms with Crippen LogP contribution < -0.4 is 4.90 Å². The van der Waals surface area contributed by atoms with Crippen LogP contribution in [-0.2, 0) is 4.79 Å². The lowest BCUT2D eigenvalue weighted by molar-refractivity contribution is -0.120. The molecule has 0 saturated carbocycles. The van der Waals surface area contributed by atoms with Crippen molar-refractivity contribution in [3.63, 3.8) is 0 Å². The summed E-state index contributed by atoms with van der Waals surface area (Å²) >= 11 is 0. The zero-order valence-electron chi connectivity index (χ0n) is 11.4. The first-order valence-electron chi connectivity index (χ1n) is 7.02. The molecule has 0 N–H and O–H groups in total. The highest BCUT2D eigenvalue weighted by Crippen LogP contribution is 2.33.